The smallest absolute Gasteiger partial charge is 0.407 e. The van der Waals surface area contributed by atoms with Gasteiger partial charge in [0.1, 0.15) is 0 Å². The van der Waals surface area contributed by atoms with E-state index in [1.807, 2.05) is 9.80 Å². The van der Waals surface area contributed by atoms with Crippen LogP contribution < -0.4 is 4.90 Å². The van der Waals surface area contributed by atoms with Gasteiger partial charge in [0.2, 0.25) is 0 Å². The highest BCUT2D eigenvalue weighted by Gasteiger charge is 2.37. The molecule has 158 valence electrons. The lowest BCUT2D eigenvalue weighted by Crippen LogP contribution is -2.45. The molecule has 0 aromatic heterocycles. The number of rotatable bonds is 3. The maximum absolute atomic E-state index is 13.2. The van der Waals surface area contributed by atoms with Gasteiger partial charge in [0.15, 0.2) is 0 Å². The fraction of sp³-hybridized carbons (Fsp3) is 0.636. The van der Waals surface area contributed by atoms with Gasteiger partial charge >= 0.3 is 12.1 Å². The maximum atomic E-state index is 13.2. The zero-order valence-electron chi connectivity index (χ0n) is 17.5. The molecule has 7 nitrogen and oxygen atoms in total. The topological polar surface area (TPSA) is 67.3 Å². The monoisotopic (exact) mass is 400 g/mol. The summed E-state index contributed by atoms with van der Waals surface area (Å²) in [6.45, 7) is 3.63. The van der Waals surface area contributed by atoms with Gasteiger partial charge in [-0.15, -0.1) is 0 Å². The van der Waals surface area contributed by atoms with E-state index in [2.05, 4.69) is 30.1 Å². The molecule has 3 amide bonds. The van der Waals surface area contributed by atoms with Crippen LogP contribution in [0.1, 0.15) is 36.8 Å². The van der Waals surface area contributed by atoms with E-state index in [0.717, 1.165) is 70.4 Å². The molecule has 29 heavy (non-hydrogen) atoms. The second-order valence-electron chi connectivity index (χ2n) is 8.74. The van der Waals surface area contributed by atoms with E-state index in [1.54, 1.807) is 7.05 Å². The molecule has 0 atom stereocenters. The van der Waals surface area contributed by atoms with Crippen LogP contribution in [0.2, 0.25) is 0 Å². The van der Waals surface area contributed by atoms with Gasteiger partial charge in [-0.05, 0) is 68.8 Å². The van der Waals surface area contributed by atoms with Crippen LogP contribution in [0, 0.1) is 0 Å². The van der Waals surface area contributed by atoms with Crippen molar-refractivity contribution in [2.75, 3.05) is 45.2 Å². The first-order valence-corrected chi connectivity index (χ1v) is 10.8. The number of hydrogen-bond donors (Lipinski definition) is 1. The summed E-state index contributed by atoms with van der Waals surface area (Å²) in [7, 11) is 3.81. The Kier molecular flexibility index (Phi) is 5.67. The molecule has 0 bridgehead atoms. The van der Waals surface area contributed by atoms with Crippen LogP contribution in [0.15, 0.2) is 18.2 Å². The number of carbonyl (C=O) groups is 2. The molecule has 1 saturated heterocycles. The number of fused-ring (bicyclic) bond motifs is 1. The van der Waals surface area contributed by atoms with Crippen molar-refractivity contribution < 1.29 is 14.7 Å². The highest BCUT2D eigenvalue weighted by atomic mass is 16.4. The van der Waals surface area contributed by atoms with Crippen molar-refractivity contribution in [3.63, 3.8) is 0 Å². The fourth-order valence-corrected chi connectivity index (χ4v) is 5.04. The predicted octanol–water partition coefficient (Wildman–Crippen LogP) is 2.88. The number of nitrogens with zero attached hydrogens (tertiary/aromatic N) is 4. The minimum Gasteiger partial charge on any atom is -0.465 e. The second-order valence-corrected chi connectivity index (χ2v) is 8.74. The van der Waals surface area contributed by atoms with Crippen LogP contribution in [0.4, 0.5) is 15.3 Å². The zero-order valence-corrected chi connectivity index (χ0v) is 17.5. The number of likely N-dealkylation sites (N-methyl/N-ethyl adjacent to an activating group) is 1. The molecule has 0 radical (unpaired) electrons. The molecule has 2 aliphatic heterocycles. The molecule has 1 saturated carbocycles. The molecule has 7 heteroatoms. The van der Waals surface area contributed by atoms with Crippen LogP contribution >= 0.6 is 0 Å². The molecule has 1 N–H and O–H groups in total. The first-order valence-electron chi connectivity index (χ1n) is 10.8. The van der Waals surface area contributed by atoms with Gasteiger partial charge < -0.3 is 19.8 Å². The van der Waals surface area contributed by atoms with Gasteiger partial charge in [-0.25, -0.2) is 9.59 Å². The Morgan fingerprint density at radius 1 is 1.03 bits per heavy atom. The van der Waals surface area contributed by atoms with Crippen LogP contribution in [-0.4, -0.2) is 84.3 Å². The minimum absolute atomic E-state index is 0.0697. The first-order chi connectivity index (χ1) is 13.9. The van der Waals surface area contributed by atoms with E-state index < -0.39 is 6.09 Å². The molecule has 3 aliphatic rings. The first kappa shape index (κ1) is 20.0. The van der Waals surface area contributed by atoms with Crippen molar-refractivity contribution >= 4 is 17.8 Å². The lowest BCUT2D eigenvalue weighted by Gasteiger charge is -2.37. The third-order valence-electron chi connectivity index (χ3n) is 7.02. The number of amides is 3. The molecule has 2 heterocycles. The summed E-state index contributed by atoms with van der Waals surface area (Å²) >= 11 is 0. The van der Waals surface area contributed by atoms with E-state index in [0.29, 0.717) is 0 Å². The quantitative estimate of drug-likeness (QED) is 0.847. The average Bonchev–Trinajstić information content (AvgIpc) is 3.01. The van der Waals surface area contributed by atoms with Crippen LogP contribution in [0.5, 0.6) is 0 Å². The Morgan fingerprint density at radius 3 is 2.41 bits per heavy atom. The molecule has 0 unspecified atom stereocenters. The number of carboxylic acid groups (broad SMARTS) is 1. The minimum atomic E-state index is -0.869. The molecule has 0 spiro atoms. The molecular weight excluding hydrogens is 368 g/mol. The SMILES string of the molecule is CN1CCc2ccc(N3CCN(C4CCC(N(C)C(=O)O)CC4)C3=O)cc2CC1. The van der Waals surface area contributed by atoms with Crippen LogP contribution in [-0.2, 0) is 12.8 Å². The Bertz CT molecular complexity index is 775. The molecule has 2 fully saturated rings. The lowest BCUT2D eigenvalue weighted by molar-refractivity contribution is 0.109. The van der Waals surface area contributed by atoms with E-state index in [4.69, 9.17) is 0 Å². The summed E-state index contributed by atoms with van der Waals surface area (Å²) in [5, 5.41) is 9.18. The van der Waals surface area contributed by atoms with Crippen LogP contribution in [0.3, 0.4) is 0 Å². The third-order valence-corrected chi connectivity index (χ3v) is 7.02. The molecule has 1 aromatic carbocycles. The Labute approximate surface area is 172 Å². The summed E-state index contributed by atoms with van der Waals surface area (Å²) in [4.78, 5) is 32.0. The largest absolute Gasteiger partial charge is 0.465 e. The van der Waals surface area contributed by atoms with Gasteiger partial charge in [0.05, 0.1) is 0 Å². The Morgan fingerprint density at radius 2 is 1.72 bits per heavy atom. The lowest BCUT2D eigenvalue weighted by atomic mass is 9.89. The summed E-state index contributed by atoms with van der Waals surface area (Å²) in [6.07, 6.45) is 4.63. The normalized spacial score (nSPS) is 25.7. The fourth-order valence-electron chi connectivity index (χ4n) is 5.04. The number of urea groups is 1. The Hall–Kier alpha value is -2.28. The van der Waals surface area contributed by atoms with Gasteiger partial charge in [0, 0.05) is 51.0 Å². The average molecular weight is 401 g/mol. The standard InChI is InChI=1S/C22H32N4O3/c1-23-11-9-16-3-4-20(15-17(16)10-12-23)26-14-13-25(21(26)27)19-7-5-18(6-8-19)24(2)22(28)29/h3-4,15,18-19H,5-14H2,1-2H3,(H,28,29). The summed E-state index contributed by atoms with van der Waals surface area (Å²) in [6, 6.07) is 6.91. The van der Waals surface area contributed by atoms with Crippen LogP contribution in [0.25, 0.3) is 0 Å². The summed E-state index contributed by atoms with van der Waals surface area (Å²) in [5.74, 6) is 0. The number of hydrogen-bond acceptors (Lipinski definition) is 3. The third kappa shape index (κ3) is 4.06. The number of carbonyl (C=O) groups excluding carboxylic acids is 1. The van der Waals surface area contributed by atoms with E-state index in [-0.39, 0.29) is 18.1 Å². The Balaban J connectivity index is 1.40. The van der Waals surface area contributed by atoms with E-state index in [9.17, 15) is 14.7 Å². The molecule has 1 aromatic rings. The van der Waals surface area contributed by atoms with Crippen molar-refractivity contribution in [1.82, 2.24) is 14.7 Å². The van der Waals surface area contributed by atoms with Gasteiger partial charge in [-0.3, -0.25) is 4.90 Å². The predicted molar refractivity (Wildman–Crippen MR) is 113 cm³/mol. The molecule has 1 aliphatic carbocycles. The number of anilines is 1. The van der Waals surface area contributed by atoms with Crippen molar-refractivity contribution in [3.8, 4) is 0 Å². The van der Waals surface area contributed by atoms with Gasteiger partial charge in [-0.1, -0.05) is 6.07 Å². The van der Waals surface area contributed by atoms with E-state index in [1.165, 1.54) is 16.0 Å². The highest BCUT2D eigenvalue weighted by Crippen LogP contribution is 2.31. The molecule has 4 rings (SSSR count). The van der Waals surface area contributed by atoms with Crippen molar-refractivity contribution in [1.29, 1.82) is 0 Å². The maximum Gasteiger partial charge on any atom is 0.407 e. The number of benzene rings is 1. The van der Waals surface area contributed by atoms with Crippen molar-refractivity contribution in [2.24, 2.45) is 0 Å². The van der Waals surface area contributed by atoms with Crippen molar-refractivity contribution in [3.05, 3.63) is 29.3 Å². The molecular formula is C22H32N4O3. The second kappa shape index (κ2) is 8.22. The summed E-state index contributed by atoms with van der Waals surface area (Å²) < 4.78 is 0. The summed E-state index contributed by atoms with van der Waals surface area (Å²) in [5.41, 5.74) is 3.79. The van der Waals surface area contributed by atoms with Crippen molar-refractivity contribution in [2.45, 2.75) is 50.6 Å². The highest BCUT2D eigenvalue weighted by molar-refractivity contribution is 5.94. The van der Waals surface area contributed by atoms with E-state index >= 15 is 0 Å². The zero-order chi connectivity index (χ0) is 20.5. The van der Waals surface area contributed by atoms with Gasteiger partial charge in [0.25, 0.3) is 0 Å². The van der Waals surface area contributed by atoms with Gasteiger partial charge in [-0.2, -0.15) is 0 Å².